The van der Waals surface area contributed by atoms with Gasteiger partial charge in [-0.1, -0.05) is 19.3 Å². The first kappa shape index (κ1) is 20.7. The highest BCUT2D eigenvalue weighted by Gasteiger charge is 2.25. The number of carbonyl (C=O) groups excluding carboxylic acids is 3. The predicted molar refractivity (Wildman–Crippen MR) is 90.9 cm³/mol. The molecule has 0 bridgehead atoms. The van der Waals surface area contributed by atoms with Crippen molar-refractivity contribution in [2.75, 3.05) is 19.6 Å². The molecule has 25 heavy (non-hydrogen) atoms. The fraction of sp³-hybridized carbons (Fsp3) is 0.750. The lowest BCUT2D eigenvalue weighted by Gasteiger charge is -2.27. The van der Waals surface area contributed by atoms with Crippen LogP contribution in [0.1, 0.15) is 46.0 Å². The minimum Gasteiger partial charge on any atom is -0.480 e. The number of nitrogens with one attached hydrogen (secondary N) is 3. The van der Waals surface area contributed by atoms with E-state index in [-0.39, 0.29) is 31.6 Å². The van der Waals surface area contributed by atoms with Crippen LogP contribution in [0.15, 0.2) is 0 Å². The zero-order valence-electron chi connectivity index (χ0n) is 14.8. The third-order valence-corrected chi connectivity index (χ3v) is 4.21. The molecule has 9 nitrogen and oxygen atoms in total. The quantitative estimate of drug-likeness (QED) is 0.489. The molecule has 9 heteroatoms. The number of nitrogens with zero attached hydrogens (tertiary/aromatic N) is 1. The molecule has 1 atom stereocenters. The van der Waals surface area contributed by atoms with E-state index in [0.29, 0.717) is 0 Å². The van der Waals surface area contributed by atoms with Crippen molar-refractivity contribution >= 4 is 23.8 Å². The van der Waals surface area contributed by atoms with Gasteiger partial charge in [-0.25, -0.2) is 9.59 Å². The molecule has 0 aromatic heterocycles. The summed E-state index contributed by atoms with van der Waals surface area (Å²) in [6.07, 6.45) is 5.20. The maximum atomic E-state index is 12.3. The number of urea groups is 1. The Hall–Kier alpha value is -2.32. The van der Waals surface area contributed by atoms with Gasteiger partial charge in [0.25, 0.3) is 0 Å². The Balaban J connectivity index is 2.47. The molecule has 0 spiro atoms. The van der Waals surface area contributed by atoms with Crippen molar-refractivity contribution < 1.29 is 24.3 Å². The van der Waals surface area contributed by atoms with Crippen LogP contribution < -0.4 is 16.0 Å². The number of carboxylic acid groups (broad SMARTS) is 1. The average Bonchev–Trinajstić information content (AvgIpc) is 2.56. The molecular formula is C16H28N4O5. The number of rotatable bonds is 8. The van der Waals surface area contributed by atoms with Gasteiger partial charge in [0.1, 0.15) is 6.04 Å². The molecule has 1 rings (SSSR count). The van der Waals surface area contributed by atoms with Crippen molar-refractivity contribution in [3.05, 3.63) is 0 Å². The van der Waals surface area contributed by atoms with E-state index in [0.717, 1.165) is 30.6 Å². The van der Waals surface area contributed by atoms with Gasteiger partial charge in [-0.2, -0.15) is 0 Å². The number of amides is 4. The molecular weight excluding hydrogens is 328 g/mol. The highest BCUT2D eigenvalue weighted by molar-refractivity contribution is 5.87. The number of carbonyl (C=O) groups is 4. The Morgan fingerprint density at radius 2 is 1.76 bits per heavy atom. The topological polar surface area (TPSA) is 128 Å². The smallest absolute Gasteiger partial charge is 0.326 e. The zero-order chi connectivity index (χ0) is 18.8. The predicted octanol–water partition coefficient (Wildman–Crippen LogP) is 0.0561. The molecule has 1 saturated carbocycles. The van der Waals surface area contributed by atoms with Crippen molar-refractivity contribution in [2.45, 2.75) is 58.0 Å². The fourth-order valence-electron chi connectivity index (χ4n) is 2.76. The van der Waals surface area contributed by atoms with Crippen LogP contribution in [0.25, 0.3) is 0 Å². The molecule has 1 aliphatic carbocycles. The summed E-state index contributed by atoms with van der Waals surface area (Å²) in [6, 6.07) is -1.35. The molecule has 1 unspecified atom stereocenters. The Bertz CT molecular complexity index is 491. The summed E-state index contributed by atoms with van der Waals surface area (Å²) in [6.45, 7) is 2.63. The normalized spacial score (nSPS) is 15.8. The van der Waals surface area contributed by atoms with Crippen LogP contribution in [0.5, 0.6) is 0 Å². The number of aliphatic carboxylic acids is 1. The maximum Gasteiger partial charge on any atom is 0.326 e. The second kappa shape index (κ2) is 10.5. The molecule has 4 amide bonds. The van der Waals surface area contributed by atoms with Gasteiger partial charge in [-0.05, 0) is 19.8 Å². The van der Waals surface area contributed by atoms with Crippen LogP contribution >= 0.6 is 0 Å². The van der Waals surface area contributed by atoms with Crippen LogP contribution in [0, 0.1) is 0 Å². The van der Waals surface area contributed by atoms with Gasteiger partial charge in [0, 0.05) is 26.1 Å². The number of hydrogen-bond donors (Lipinski definition) is 4. The summed E-state index contributed by atoms with van der Waals surface area (Å²) >= 11 is 0. The van der Waals surface area contributed by atoms with E-state index in [2.05, 4.69) is 16.0 Å². The Kier molecular flexibility index (Phi) is 8.73. The molecule has 0 aromatic rings. The SMILES string of the molecule is CC(=O)NCCN(C(=O)CNC(=O)NC1CCCCC1)C(C)C(=O)O. The highest BCUT2D eigenvalue weighted by Crippen LogP contribution is 2.17. The maximum absolute atomic E-state index is 12.3. The average molecular weight is 356 g/mol. The van der Waals surface area contributed by atoms with Crippen LogP contribution in [0.4, 0.5) is 4.79 Å². The first-order valence-corrected chi connectivity index (χ1v) is 8.62. The summed E-state index contributed by atoms with van der Waals surface area (Å²) in [7, 11) is 0. The van der Waals surface area contributed by atoms with Gasteiger partial charge in [0.05, 0.1) is 6.54 Å². The lowest BCUT2D eigenvalue weighted by molar-refractivity contribution is -0.149. The van der Waals surface area contributed by atoms with Crippen molar-refractivity contribution in [3.63, 3.8) is 0 Å². The van der Waals surface area contributed by atoms with E-state index < -0.39 is 23.9 Å². The van der Waals surface area contributed by atoms with Crippen molar-refractivity contribution in [1.82, 2.24) is 20.9 Å². The van der Waals surface area contributed by atoms with E-state index >= 15 is 0 Å². The van der Waals surface area contributed by atoms with Crippen LogP contribution in [0.3, 0.4) is 0 Å². The molecule has 0 aliphatic heterocycles. The lowest BCUT2D eigenvalue weighted by Crippen LogP contribution is -2.52. The first-order chi connectivity index (χ1) is 11.8. The summed E-state index contributed by atoms with van der Waals surface area (Å²) in [5.41, 5.74) is 0. The van der Waals surface area contributed by atoms with Gasteiger partial charge in [0.2, 0.25) is 11.8 Å². The molecule has 0 saturated heterocycles. The minimum absolute atomic E-state index is 0.0534. The number of carboxylic acids is 1. The van der Waals surface area contributed by atoms with Crippen LogP contribution in [0.2, 0.25) is 0 Å². The van der Waals surface area contributed by atoms with Crippen molar-refractivity contribution in [2.24, 2.45) is 0 Å². The largest absolute Gasteiger partial charge is 0.480 e. The Labute approximate surface area is 147 Å². The Morgan fingerprint density at radius 3 is 2.32 bits per heavy atom. The summed E-state index contributed by atoms with van der Waals surface area (Å²) in [5.74, 6) is -1.93. The van der Waals surface area contributed by atoms with Crippen molar-refractivity contribution in [1.29, 1.82) is 0 Å². The third kappa shape index (κ3) is 7.86. The summed E-state index contributed by atoms with van der Waals surface area (Å²) < 4.78 is 0. The molecule has 1 fully saturated rings. The third-order valence-electron chi connectivity index (χ3n) is 4.21. The first-order valence-electron chi connectivity index (χ1n) is 8.62. The van der Waals surface area contributed by atoms with Gasteiger partial charge in [-0.15, -0.1) is 0 Å². The molecule has 0 radical (unpaired) electrons. The van der Waals surface area contributed by atoms with E-state index in [1.165, 1.54) is 20.3 Å². The lowest BCUT2D eigenvalue weighted by atomic mass is 9.96. The Morgan fingerprint density at radius 1 is 1.12 bits per heavy atom. The molecule has 0 aromatic carbocycles. The van der Waals surface area contributed by atoms with E-state index in [9.17, 15) is 19.2 Å². The van der Waals surface area contributed by atoms with E-state index in [4.69, 9.17) is 5.11 Å². The zero-order valence-corrected chi connectivity index (χ0v) is 14.8. The van der Waals surface area contributed by atoms with Crippen molar-refractivity contribution in [3.8, 4) is 0 Å². The molecule has 4 N–H and O–H groups in total. The van der Waals surface area contributed by atoms with Gasteiger partial charge >= 0.3 is 12.0 Å². The van der Waals surface area contributed by atoms with Crippen LogP contribution in [-0.2, 0) is 14.4 Å². The molecule has 1 aliphatic rings. The fourth-order valence-corrected chi connectivity index (χ4v) is 2.76. The number of hydrogen-bond acceptors (Lipinski definition) is 4. The second-order valence-corrected chi connectivity index (χ2v) is 6.25. The van der Waals surface area contributed by atoms with E-state index in [1.54, 1.807) is 0 Å². The van der Waals surface area contributed by atoms with E-state index in [1.807, 2.05) is 0 Å². The van der Waals surface area contributed by atoms with Gasteiger partial charge in [-0.3, -0.25) is 9.59 Å². The summed E-state index contributed by atoms with van der Waals surface area (Å²) in [4.78, 5) is 47.3. The molecule has 0 heterocycles. The molecule has 142 valence electrons. The minimum atomic E-state index is -1.15. The highest BCUT2D eigenvalue weighted by atomic mass is 16.4. The monoisotopic (exact) mass is 356 g/mol. The standard InChI is InChI=1S/C16H28N4O5/c1-11(15(23)24)20(9-8-17-12(2)21)14(22)10-18-16(25)19-13-6-4-3-5-7-13/h11,13H,3-10H2,1-2H3,(H,17,21)(H,23,24)(H2,18,19,25). The van der Waals surface area contributed by atoms with Gasteiger partial charge in [0.15, 0.2) is 0 Å². The second-order valence-electron chi connectivity index (χ2n) is 6.25. The van der Waals surface area contributed by atoms with Gasteiger partial charge < -0.3 is 26.0 Å². The summed E-state index contributed by atoms with van der Waals surface area (Å²) in [5, 5.41) is 17.0. The van der Waals surface area contributed by atoms with Crippen LogP contribution in [-0.4, -0.2) is 65.5 Å².